The molecule has 108 valence electrons. The zero-order valence-electron chi connectivity index (χ0n) is 11.4. The number of benzene rings is 1. The van der Waals surface area contributed by atoms with E-state index in [-0.39, 0.29) is 11.7 Å². The number of oxime groups is 1. The van der Waals surface area contributed by atoms with Gasteiger partial charge in [-0.2, -0.15) is 0 Å². The number of hydrogen-bond donors (Lipinski definition) is 3. The molecule has 20 heavy (non-hydrogen) atoms. The van der Waals surface area contributed by atoms with Crippen LogP contribution in [0.15, 0.2) is 29.4 Å². The monoisotopic (exact) mass is 277 g/mol. The molecule has 0 spiro atoms. The molecule has 0 bridgehead atoms. The van der Waals surface area contributed by atoms with E-state index < -0.39 is 5.41 Å². The molecule has 4 N–H and O–H groups in total. The minimum absolute atomic E-state index is 0.0189. The van der Waals surface area contributed by atoms with Crippen LogP contribution in [0.4, 0.5) is 0 Å². The molecule has 2 rings (SSSR count). The third kappa shape index (κ3) is 3.01. The number of hydrogen-bond acceptors (Lipinski definition) is 4. The lowest BCUT2D eigenvalue weighted by molar-refractivity contribution is -0.124. The minimum atomic E-state index is -0.807. The third-order valence-corrected chi connectivity index (χ3v) is 3.43. The molecule has 0 saturated heterocycles. The maximum Gasteiger partial charge on any atom is 0.234 e. The minimum Gasteiger partial charge on any atom is -0.492 e. The molecule has 0 heterocycles. The fourth-order valence-corrected chi connectivity index (χ4v) is 2.03. The molecule has 1 aliphatic carbocycles. The molecule has 1 aliphatic rings. The summed E-state index contributed by atoms with van der Waals surface area (Å²) in [4.78, 5) is 12.0. The molecule has 6 nitrogen and oxygen atoms in total. The van der Waals surface area contributed by atoms with E-state index in [0.717, 1.165) is 11.3 Å². The first-order valence-electron chi connectivity index (χ1n) is 6.54. The molecule has 1 aromatic carbocycles. The highest BCUT2D eigenvalue weighted by atomic mass is 16.5. The number of nitrogens with one attached hydrogen (secondary N) is 1. The summed E-state index contributed by atoms with van der Waals surface area (Å²) in [6.45, 7) is 2.75. The lowest BCUT2D eigenvalue weighted by atomic mass is 10.1. The summed E-state index contributed by atoms with van der Waals surface area (Å²) in [5, 5.41) is 14.3. The van der Waals surface area contributed by atoms with Gasteiger partial charge in [-0.1, -0.05) is 17.3 Å². The molecule has 0 radical (unpaired) electrons. The fraction of sp³-hybridized carbons (Fsp3) is 0.429. The Hall–Kier alpha value is -2.24. The Kier molecular flexibility index (Phi) is 4.12. The van der Waals surface area contributed by atoms with Crippen LogP contribution in [0.5, 0.6) is 5.75 Å². The van der Waals surface area contributed by atoms with Gasteiger partial charge in [-0.15, -0.1) is 0 Å². The first-order chi connectivity index (χ1) is 9.58. The second-order valence-corrected chi connectivity index (χ2v) is 4.99. The number of aryl methyl sites for hydroxylation is 1. The summed E-state index contributed by atoms with van der Waals surface area (Å²) in [5.74, 6) is 0.548. The van der Waals surface area contributed by atoms with Gasteiger partial charge in [-0.3, -0.25) is 4.79 Å². The second kappa shape index (κ2) is 5.81. The van der Waals surface area contributed by atoms with Gasteiger partial charge in [0.25, 0.3) is 0 Å². The van der Waals surface area contributed by atoms with Gasteiger partial charge >= 0.3 is 0 Å². The van der Waals surface area contributed by atoms with Crippen LogP contribution < -0.4 is 15.8 Å². The Bertz CT molecular complexity index is 524. The number of rotatable bonds is 6. The number of ether oxygens (including phenoxy) is 1. The van der Waals surface area contributed by atoms with Gasteiger partial charge in [-0.05, 0) is 37.5 Å². The van der Waals surface area contributed by atoms with Crippen LogP contribution in [-0.4, -0.2) is 30.1 Å². The Balaban J connectivity index is 1.75. The van der Waals surface area contributed by atoms with Gasteiger partial charge in [0.15, 0.2) is 5.84 Å². The molecule has 1 amide bonds. The predicted octanol–water partition coefficient (Wildman–Crippen LogP) is 1.02. The number of amidine groups is 1. The van der Waals surface area contributed by atoms with Gasteiger partial charge in [0.1, 0.15) is 17.8 Å². The summed E-state index contributed by atoms with van der Waals surface area (Å²) in [7, 11) is 0. The molecule has 1 fully saturated rings. The summed E-state index contributed by atoms with van der Waals surface area (Å²) in [6.07, 6.45) is 1.24. The first kappa shape index (κ1) is 14.2. The van der Waals surface area contributed by atoms with Crippen molar-refractivity contribution < 1.29 is 14.7 Å². The van der Waals surface area contributed by atoms with Crippen molar-refractivity contribution in [3.63, 3.8) is 0 Å². The van der Waals surface area contributed by atoms with E-state index >= 15 is 0 Å². The van der Waals surface area contributed by atoms with E-state index in [2.05, 4.69) is 10.5 Å². The molecule has 0 aromatic heterocycles. The Morgan fingerprint density at radius 2 is 2.30 bits per heavy atom. The zero-order valence-corrected chi connectivity index (χ0v) is 11.4. The zero-order chi connectivity index (χ0) is 14.6. The Morgan fingerprint density at radius 3 is 2.90 bits per heavy atom. The smallest absolute Gasteiger partial charge is 0.234 e. The highest BCUT2D eigenvalue weighted by Gasteiger charge is 2.54. The highest BCUT2D eigenvalue weighted by Crippen LogP contribution is 2.45. The molecular weight excluding hydrogens is 258 g/mol. The first-order valence-corrected chi connectivity index (χ1v) is 6.54. The lowest BCUT2D eigenvalue weighted by Gasteiger charge is -2.14. The number of nitrogens with zero attached hydrogens (tertiary/aromatic N) is 1. The van der Waals surface area contributed by atoms with Crippen molar-refractivity contribution >= 4 is 11.7 Å². The summed E-state index contributed by atoms with van der Waals surface area (Å²) < 4.78 is 5.53. The fourth-order valence-electron chi connectivity index (χ4n) is 2.03. The maximum absolute atomic E-state index is 12.0. The van der Waals surface area contributed by atoms with Gasteiger partial charge < -0.3 is 21.0 Å². The largest absolute Gasteiger partial charge is 0.492 e. The summed E-state index contributed by atoms with van der Waals surface area (Å²) in [5.41, 5.74) is 5.85. The molecule has 6 heteroatoms. The Labute approximate surface area is 117 Å². The molecular formula is C14H19N3O3. The van der Waals surface area contributed by atoms with Crippen molar-refractivity contribution in [2.45, 2.75) is 19.8 Å². The molecule has 0 atom stereocenters. The van der Waals surface area contributed by atoms with Gasteiger partial charge in [0, 0.05) is 0 Å². The Morgan fingerprint density at radius 1 is 1.55 bits per heavy atom. The molecule has 0 aliphatic heterocycles. The maximum atomic E-state index is 12.0. The van der Waals surface area contributed by atoms with Crippen molar-refractivity contribution in [2.75, 3.05) is 13.2 Å². The lowest BCUT2D eigenvalue weighted by Crippen LogP contribution is -2.42. The number of amides is 1. The number of nitrogens with two attached hydrogens (primary N) is 1. The van der Waals surface area contributed by atoms with Crippen molar-refractivity contribution in [1.29, 1.82) is 0 Å². The number of carbonyl (C=O) groups is 1. The standard InChI is InChI=1S/C14H19N3O3/c1-10-3-2-4-11(9-10)20-8-7-16-13(18)14(5-6-14)12(15)17-19/h2-4,9,19H,5-8H2,1H3,(H2,15,17)(H,16,18). The van der Waals surface area contributed by atoms with Crippen LogP contribution in [0.1, 0.15) is 18.4 Å². The molecule has 1 aromatic rings. The van der Waals surface area contributed by atoms with Crippen molar-refractivity contribution in [1.82, 2.24) is 5.32 Å². The van der Waals surface area contributed by atoms with E-state index in [1.54, 1.807) is 0 Å². The second-order valence-electron chi connectivity index (χ2n) is 4.99. The van der Waals surface area contributed by atoms with Crippen molar-refractivity contribution in [3.05, 3.63) is 29.8 Å². The number of carbonyl (C=O) groups excluding carboxylic acids is 1. The highest BCUT2D eigenvalue weighted by molar-refractivity contribution is 6.09. The van der Waals surface area contributed by atoms with Gasteiger partial charge in [0.05, 0.1) is 6.54 Å². The summed E-state index contributed by atoms with van der Waals surface area (Å²) >= 11 is 0. The van der Waals surface area contributed by atoms with Gasteiger partial charge in [0.2, 0.25) is 5.91 Å². The van der Waals surface area contributed by atoms with Crippen molar-refractivity contribution in [2.24, 2.45) is 16.3 Å². The van der Waals surface area contributed by atoms with Crippen LogP contribution in [0.2, 0.25) is 0 Å². The van der Waals surface area contributed by atoms with Crippen molar-refractivity contribution in [3.8, 4) is 5.75 Å². The van der Waals surface area contributed by atoms with Crippen LogP contribution in [0.3, 0.4) is 0 Å². The average Bonchev–Trinajstić information content (AvgIpc) is 3.24. The molecule has 1 saturated carbocycles. The van der Waals surface area contributed by atoms with Crippen LogP contribution in [0.25, 0.3) is 0 Å². The van der Waals surface area contributed by atoms with E-state index in [4.69, 9.17) is 15.7 Å². The van der Waals surface area contributed by atoms with E-state index in [9.17, 15) is 4.79 Å². The topological polar surface area (TPSA) is 96.9 Å². The third-order valence-electron chi connectivity index (χ3n) is 3.43. The van der Waals surface area contributed by atoms with E-state index in [1.807, 2.05) is 31.2 Å². The van der Waals surface area contributed by atoms with Crippen LogP contribution in [-0.2, 0) is 4.79 Å². The van der Waals surface area contributed by atoms with Crippen LogP contribution >= 0.6 is 0 Å². The predicted molar refractivity (Wildman–Crippen MR) is 74.8 cm³/mol. The van der Waals surface area contributed by atoms with E-state index in [0.29, 0.717) is 26.0 Å². The van der Waals surface area contributed by atoms with Gasteiger partial charge in [-0.25, -0.2) is 0 Å². The normalized spacial score (nSPS) is 16.6. The average molecular weight is 277 g/mol. The van der Waals surface area contributed by atoms with Crippen LogP contribution in [0, 0.1) is 12.3 Å². The molecule has 0 unspecified atom stereocenters. The quantitative estimate of drug-likeness (QED) is 0.238. The van der Waals surface area contributed by atoms with E-state index in [1.165, 1.54) is 0 Å². The summed E-state index contributed by atoms with van der Waals surface area (Å²) in [6, 6.07) is 7.71. The SMILES string of the molecule is Cc1cccc(OCCNC(=O)C2(/C(N)=N/O)CC2)c1.